The summed E-state index contributed by atoms with van der Waals surface area (Å²) in [6.45, 7) is 3.86. The van der Waals surface area contributed by atoms with E-state index in [1.807, 2.05) is 13.0 Å². The fraction of sp³-hybridized carbons (Fsp3) is 0.444. The second kappa shape index (κ2) is 6.72. The van der Waals surface area contributed by atoms with Gasteiger partial charge in [-0.3, -0.25) is 4.90 Å². The number of nitrogens with zero attached hydrogens (tertiary/aromatic N) is 4. The van der Waals surface area contributed by atoms with Crippen LogP contribution in [0, 0.1) is 5.82 Å². The Morgan fingerprint density at radius 1 is 1.28 bits per heavy atom. The molecule has 1 saturated heterocycles. The maximum atomic E-state index is 13.8. The Labute approximate surface area is 149 Å². The summed E-state index contributed by atoms with van der Waals surface area (Å²) in [6.07, 6.45) is 4.18. The fourth-order valence-electron chi connectivity index (χ4n) is 3.50. The van der Waals surface area contributed by atoms with Crippen LogP contribution in [0.5, 0.6) is 5.88 Å². The highest BCUT2D eigenvalue weighted by Gasteiger charge is 2.30. The number of hydrogen-bond donors (Lipinski definition) is 1. The molecule has 0 radical (unpaired) electrons. The van der Waals surface area contributed by atoms with Crippen LogP contribution in [-0.2, 0) is 6.42 Å². The Bertz CT molecular complexity index is 884. The summed E-state index contributed by atoms with van der Waals surface area (Å²) in [5, 5.41) is 15.1. The number of piperidine rings is 1. The molecule has 0 spiro atoms. The summed E-state index contributed by atoms with van der Waals surface area (Å²) in [5.41, 5.74) is 0.859. The van der Waals surface area contributed by atoms with Crippen LogP contribution in [0.2, 0.25) is 0 Å². The monoisotopic (exact) mass is 360 g/mol. The molecule has 0 bridgehead atoms. The van der Waals surface area contributed by atoms with Crippen molar-refractivity contribution in [2.45, 2.75) is 38.6 Å². The third kappa shape index (κ3) is 3.02. The zero-order valence-corrected chi connectivity index (χ0v) is 15.0. The topological polar surface area (TPSA) is 53.7 Å². The molecule has 1 N–H and O–H groups in total. The Hall–Kier alpha value is -1.99. The molecule has 1 aliphatic heterocycles. The van der Waals surface area contributed by atoms with Crippen molar-refractivity contribution in [3.63, 3.8) is 0 Å². The smallest absolute Gasteiger partial charge is 0.230 e. The molecule has 3 aromatic rings. The van der Waals surface area contributed by atoms with E-state index < -0.39 is 0 Å². The van der Waals surface area contributed by atoms with Gasteiger partial charge in [0.1, 0.15) is 5.82 Å². The van der Waals surface area contributed by atoms with Crippen molar-refractivity contribution < 1.29 is 9.50 Å². The van der Waals surface area contributed by atoms with E-state index in [4.69, 9.17) is 0 Å². The maximum Gasteiger partial charge on any atom is 0.230 e. The molecule has 1 aromatic carbocycles. The summed E-state index contributed by atoms with van der Waals surface area (Å²) in [4.78, 5) is 8.26. The van der Waals surface area contributed by atoms with Crippen LogP contribution >= 0.6 is 11.3 Å². The number of halogens is 1. The SMILES string of the molecule is CCc1nc2sc(C(c3cccc(F)c3)N3CCCCC3)c(O)n2n1. The van der Waals surface area contributed by atoms with Gasteiger partial charge in [0.2, 0.25) is 10.8 Å². The number of aryl methyl sites for hydroxylation is 1. The molecule has 25 heavy (non-hydrogen) atoms. The highest BCUT2D eigenvalue weighted by Crippen LogP contribution is 2.40. The van der Waals surface area contributed by atoms with Crippen LogP contribution in [-0.4, -0.2) is 37.7 Å². The number of fused-ring (bicyclic) bond motifs is 1. The lowest BCUT2D eigenvalue weighted by Gasteiger charge is -2.34. The van der Waals surface area contributed by atoms with E-state index in [0.29, 0.717) is 10.8 Å². The number of hydrogen-bond acceptors (Lipinski definition) is 5. The average molecular weight is 360 g/mol. The minimum Gasteiger partial charge on any atom is -0.492 e. The molecule has 132 valence electrons. The first-order chi connectivity index (χ1) is 12.2. The third-order valence-electron chi connectivity index (χ3n) is 4.73. The van der Waals surface area contributed by atoms with Gasteiger partial charge in [0.25, 0.3) is 0 Å². The standard InChI is InChI=1S/C18H21FN4OS/c1-2-14-20-18-23(21-14)17(24)16(25-18)15(22-9-4-3-5-10-22)12-7-6-8-13(19)11-12/h6-8,11,15,24H,2-5,9-10H2,1H3. The molecule has 2 aromatic heterocycles. The van der Waals surface area contributed by atoms with Crippen molar-refractivity contribution in [2.24, 2.45) is 0 Å². The molecule has 0 aliphatic carbocycles. The number of likely N-dealkylation sites (tertiary alicyclic amines) is 1. The van der Waals surface area contributed by atoms with Gasteiger partial charge in [-0.05, 0) is 43.6 Å². The minimum atomic E-state index is -0.258. The summed E-state index contributed by atoms with van der Waals surface area (Å²) in [5.74, 6) is 0.576. The molecule has 3 heterocycles. The molecule has 1 fully saturated rings. The second-order valence-electron chi connectivity index (χ2n) is 6.42. The first-order valence-corrected chi connectivity index (χ1v) is 9.56. The minimum absolute atomic E-state index is 0.118. The maximum absolute atomic E-state index is 13.8. The first-order valence-electron chi connectivity index (χ1n) is 8.74. The summed E-state index contributed by atoms with van der Waals surface area (Å²) < 4.78 is 15.4. The van der Waals surface area contributed by atoms with Crippen LogP contribution in [0.25, 0.3) is 4.96 Å². The molecule has 1 unspecified atom stereocenters. The van der Waals surface area contributed by atoms with E-state index in [1.165, 1.54) is 28.3 Å². The van der Waals surface area contributed by atoms with Crippen molar-refractivity contribution in [3.8, 4) is 5.88 Å². The fourth-order valence-corrected chi connectivity index (χ4v) is 4.64. The number of rotatable bonds is 4. The summed E-state index contributed by atoms with van der Waals surface area (Å²) in [7, 11) is 0. The summed E-state index contributed by atoms with van der Waals surface area (Å²) >= 11 is 1.44. The van der Waals surface area contributed by atoms with Gasteiger partial charge in [-0.1, -0.05) is 36.8 Å². The molecular formula is C18H21FN4OS. The van der Waals surface area contributed by atoms with Gasteiger partial charge in [0.15, 0.2) is 5.82 Å². The van der Waals surface area contributed by atoms with Gasteiger partial charge in [-0.25, -0.2) is 9.37 Å². The van der Waals surface area contributed by atoms with Crippen LogP contribution in [0.4, 0.5) is 4.39 Å². The van der Waals surface area contributed by atoms with Crippen molar-refractivity contribution in [3.05, 3.63) is 46.3 Å². The Balaban J connectivity index is 1.82. The number of aromatic nitrogens is 3. The van der Waals surface area contributed by atoms with Crippen molar-refractivity contribution >= 4 is 16.3 Å². The second-order valence-corrected chi connectivity index (χ2v) is 7.43. The molecule has 4 rings (SSSR count). The van der Waals surface area contributed by atoms with Gasteiger partial charge in [0, 0.05) is 6.42 Å². The normalized spacial score (nSPS) is 17.2. The highest BCUT2D eigenvalue weighted by atomic mass is 32.1. The zero-order valence-electron chi connectivity index (χ0n) is 14.2. The van der Waals surface area contributed by atoms with E-state index in [1.54, 1.807) is 12.1 Å². The van der Waals surface area contributed by atoms with Crippen LogP contribution in [0.1, 0.15) is 48.5 Å². The lowest BCUT2D eigenvalue weighted by Crippen LogP contribution is -2.34. The van der Waals surface area contributed by atoms with E-state index in [-0.39, 0.29) is 17.7 Å². The van der Waals surface area contributed by atoms with E-state index >= 15 is 0 Å². The van der Waals surface area contributed by atoms with E-state index in [0.717, 1.165) is 42.8 Å². The Morgan fingerprint density at radius 2 is 2.08 bits per heavy atom. The van der Waals surface area contributed by atoms with E-state index in [9.17, 15) is 9.50 Å². The molecule has 1 atom stereocenters. The van der Waals surface area contributed by atoms with Gasteiger partial charge in [-0.15, -0.1) is 5.10 Å². The van der Waals surface area contributed by atoms with Gasteiger partial charge in [0.05, 0.1) is 10.9 Å². The molecular weight excluding hydrogens is 339 g/mol. The third-order valence-corrected chi connectivity index (χ3v) is 5.80. The lowest BCUT2D eigenvalue weighted by atomic mass is 10.0. The first kappa shape index (κ1) is 16.5. The average Bonchev–Trinajstić information content (AvgIpc) is 3.16. The number of thiazole rings is 1. The van der Waals surface area contributed by atoms with Crippen LogP contribution in [0.3, 0.4) is 0 Å². The predicted octanol–water partition coefficient (Wildman–Crippen LogP) is 3.77. The Morgan fingerprint density at radius 3 is 2.76 bits per heavy atom. The number of benzene rings is 1. The van der Waals surface area contributed by atoms with Crippen molar-refractivity contribution in [1.82, 2.24) is 19.5 Å². The van der Waals surface area contributed by atoms with Crippen molar-refractivity contribution in [2.75, 3.05) is 13.1 Å². The predicted molar refractivity (Wildman–Crippen MR) is 95.6 cm³/mol. The highest BCUT2D eigenvalue weighted by molar-refractivity contribution is 7.17. The zero-order chi connectivity index (χ0) is 17.4. The van der Waals surface area contributed by atoms with Crippen molar-refractivity contribution in [1.29, 1.82) is 0 Å². The Kier molecular flexibility index (Phi) is 4.43. The van der Waals surface area contributed by atoms with Gasteiger partial charge < -0.3 is 5.11 Å². The van der Waals surface area contributed by atoms with Gasteiger partial charge in [-0.2, -0.15) is 4.52 Å². The lowest BCUT2D eigenvalue weighted by molar-refractivity contribution is 0.186. The van der Waals surface area contributed by atoms with Gasteiger partial charge >= 0.3 is 0 Å². The number of aromatic hydroxyl groups is 1. The molecule has 5 nitrogen and oxygen atoms in total. The summed E-state index contributed by atoms with van der Waals surface area (Å²) in [6, 6.07) is 6.49. The van der Waals surface area contributed by atoms with E-state index in [2.05, 4.69) is 15.0 Å². The molecule has 0 saturated carbocycles. The largest absolute Gasteiger partial charge is 0.492 e. The quantitative estimate of drug-likeness (QED) is 0.769. The molecule has 0 amide bonds. The van der Waals surface area contributed by atoms with Crippen LogP contribution in [0.15, 0.2) is 24.3 Å². The molecule has 1 aliphatic rings. The molecule has 7 heteroatoms. The van der Waals surface area contributed by atoms with Crippen LogP contribution < -0.4 is 0 Å².